The first-order chi connectivity index (χ1) is 14.8. The Balaban J connectivity index is 1.36. The monoisotopic (exact) mass is 433 g/mol. The Labute approximate surface area is 175 Å². The summed E-state index contributed by atoms with van der Waals surface area (Å²) in [5.74, 6) is 0.447. The highest BCUT2D eigenvalue weighted by Crippen LogP contribution is 2.34. The fourth-order valence-corrected chi connectivity index (χ4v) is 3.40. The molecule has 162 valence electrons. The van der Waals surface area contributed by atoms with E-state index in [1.54, 1.807) is 18.2 Å². The lowest BCUT2D eigenvalue weighted by molar-refractivity contribution is -0.140. The topological polar surface area (TPSA) is 94.2 Å². The van der Waals surface area contributed by atoms with Gasteiger partial charge in [0.15, 0.2) is 5.82 Å². The first-order valence-electron chi connectivity index (χ1n) is 9.47. The summed E-state index contributed by atoms with van der Waals surface area (Å²) in [6.07, 6.45) is -4.14. The van der Waals surface area contributed by atoms with Gasteiger partial charge in [0.05, 0.1) is 12.7 Å². The number of anilines is 1. The minimum atomic E-state index is -4.35. The molecule has 0 spiro atoms. The molecule has 0 radical (unpaired) electrons. The van der Waals surface area contributed by atoms with Gasteiger partial charge >= 0.3 is 12.1 Å². The van der Waals surface area contributed by atoms with Crippen molar-refractivity contribution in [2.45, 2.75) is 19.0 Å². The van der Waals surface area contributed by atoms with Gasteiger partial charge in [-0.15, -0.1) is 20.4 Å². The van der Waals surface area contributed by atoms with Crippen LogP contribution in [0.25, 0.3) is 11.6 Å². The molecule has 0 unspecified atom stereocenters. The van der Waals surface area contributed by atoms with Gasteiger partial charge in [0.25, 0.3) is 5.89 Å². The molecule has 1 aliphatic rings. The molecule has 3 heterocycles. The number of nitrogens with zero attached hydrogens (tertiary/aromatic N) is 5. The number of hydrogen-bond donors (Lipinski definition) is 0. The number of carbonyl (C=O) groups excluding carboxylic acids is 1. The van der Waals surface area contributed by atoms with E-state index in [4.69, 9.17) is 4.42 Å². The normalized spacial score (nSPS) is 14.4. The van der Waals surface area contributed by atoms with Crippen molar-refractivity contribution in [1.82, 2.24) is 20.4 Å². The van der Waals surface area contributed by atoms with Crippen molar-refractivity contribution in [3.05, 3.63) is 53.4 Å². The third-order valence-corrected chi connectivity index (χ3v) is 4.97. The quantitative estimate of drug-likeness (QED) is 0.548. The zero-order valence-corrected chi connectivity index (χ0v) is 16.5. The molecule has 1 saturated heterocycles. The smallest absolute Gasteiger partial charge is 0.416 e. The van der Waals surface area contributed by atoms with Crippen LogP contribution in [0, 0.1) is 5.92 Å². The van der Waals surface area contributed by atoms with Crippen molar-refractivity contribution in [3.63, 3.8) is 0 Å². The molecule has 1 fully saturated rings. The summed E-state index contributed by atoms with van der Waals surface area (Å²) in [4.78, 5) is 13.2. The lowest BCUT2D eigenvalue weighted by atomic mass is 9.90. The highest BCUT2D eigenvalue weighted by Gasteiger charge is 2.35. The van der Waals surface area contributed by atoms with E-state index < -0.39 is 17.7 Å². The Hall–Kier alpha value is -3.50. The third-order valence-electron chi connectivity index (χ3n) is 4.97. The van der Waals surface area contributed by atoms with Gasteiger partial charge in [0.1, 0.15) is 12.1 Å². The number of ether oxygens (including phenoxy) is 1. The number of methoxy groups -OCH3 is 1. The van der Waals surface area contributed by atoms with Crippen molar-refractivity contribution < 1.29 is 27.1 Å². The maximum Gasteiger partial charge on any atom is 0.416 e. The number of halogens is 3. The summed E-state index contributed by atoms with van der Waals surface area (Å²) in [5, 5.41) is 15.8. The van der Waals surface area contributed by atoms with Crippen LogP contribution in [0.3, 0.4) is 0 Å². The zero-order chi connectivity index (χ0) is 22.0. The van der Waals surface area contributed by atoms with Gasteiger partial charge < -0.3 is 14.1 Å². The van der Waals surface area contributed by atoms with E-state index in [9.17, 15) is 18.0 Å². The average molecular weight is 433 g/mol. The molecule has 0 saturated carbocycles. The molecule has 0 bridgehead atoms. The van der Waals surface area contributed by atoms with Crippen LogP contribution in [0.4, 0.5) is 19.0 Å². The van der Waals surface area contributed by atoms with Gasteiger partial charge in [-0.25, -0.2) is 0 Å². The van der Waals surface area contributed by atoms with Crippen LogP contribution in [0.15, 0.2) is 40.8 Å². The summed E-state index contributed by atoms with van der Waals surface area (Å²) in [5.41, 5.74) is 0.0764. The van der Waals surface area contributed by atoms with Gasteiger partial charge in [-0.3, -0.25) is 4.79 Å². The standard InChI is InChI=1S/C20H18F3N5O3/c1-30-18(29)9-17-26-27-19(31-17)15-6-7-16(25-24-15)28-10-12(11-28)8-13-4-2-3-5-14(13)20(21,22)23/h2-7,12H,8-11H2,1H3. The molecule has 0 N–H and O–H groups in total. The molecule has 0 amide bonds. The number of rotatable bonds is 6. The second kappa shape index (κ2) is 8.32. The van der Waals surface area contributed by atoms with Crippen LogP contribution in [-0.4, -0.2) is 46.6 Å². The number of aromatic nitrogens is 4. The Kier molecular flexibility index (Phi) is 5.57. The number of esters is 1. The first-order valence-corrected chi connectivity index (χ1v) is 9.47. The van der Waals surface area contributed by atoms with Gasteiger partial charge in [0.2, 0.25) is 5.89 Å². The summed E-state index contributed by atoms with van der Waals surface area (Å²) in [7, 11) is 1.26. The van der Waals surface area contributed by atoms with E-state index in [2.05, 4.69) is 25.1 Å². The van der Waals surface area contributed by atoms with E-state index in [1.807, 2.05) is 4.90 Å². The molecule has 8 nitrogen and oxygen atoms in total. The van der Waals surface area contributed by atoms with Crippen molar-refractivity contribution in [2.24, 2.45) is 5.92 Å². The van der Waals surface area contributed by atoms with Crippen LogP contribution in [0.1, 0.15) is 17.0 Å². The van der Waals surface area contributed by atoms with Gasteiger partial charge in [-0.05, 0) is 36.1 Å². The van der Waals surface area contributed by atoms with Crippen molar-refractivity contribution in [1.29, 1.82) is 0 Å². The molecule has 3 aromatic rings. The second-order valence-corrected chi connectivity index (χ2v) is 7.16. The SMILES string of the molecule is COC(=O)Cc1nnc(-c2ccc(N3CC(Cc4ccccc4C(F)(F)F)C3)nn2)o1. The van der Waals surface area contributed by atoms with Crippen LogP contribution >= 0.6 is 0 Å². The number of carbonyl (C=O) groups is 1. The van der Waals surface area contributed by atoms with E-state index in [-0.39, 0.29) is 24.1 Å². The van der Waals surface area contributed by atoms with Crippen LogP contribution < -0.4 is 4.90 Å². The van der Waals surface area contributed by atoms with Crippen molar-refractivity contribution >= 4 is 11.8 Å². The Morgan fingerprint density at radius 1 is 1.13 bits per heavy atom. The fraction of sp³-hybridized carbons (Fsp3) is 0.350. The highest BCUT2D eigenvalue weighted by molar-refractivity contribution is 5.71. The average Bonchev–Trinajstić information content (AvgIpc) is 3.18. The summed E-state index contributed by atoms with van der Waals surface area (Å²) >= 11 is 0. The second-order valence-electron chi connectivity index (χ2n) is 7.16. The molecule has 1 aliphatic heterocycles. The Morgan fingerprint density at radius 3 is 2.58 bits per heavy atom. The van der Waals surface area contributed by atoms with Gasteiger partial charge in [-0.2, -0.15) is 13.2 Å². The van der Waals surface area contributed by atoms with E-state index in [0.29, 0.717) is 36.6 Å². The molecule has 31 heavy (non-hydrogen) atoms. The van der Waals surface area contributed by atoms with E-state index in [1.165, 1.54) is 19.2 Å². The van der Waals surface area contributed by atoms with Crippen molar-refractivity contribution in [2.75, 3.05) is 25.1 Å². The maximum absolute atomic E-state index is 13.2. The minimum Gasteiger partial charge on any atom is -0.469 e. The molecule has 0 atom stereocenters. The first kappa shape index (κ1) is 20.8. The largest absolute Gasteiger partial charge is 0.469 e. The predicted molar refractivity (Wildman–Crippen MR) is 102 cm³/mol. The zero-order valence-electron chi connectivity index (χ0n) is 16.5. The lowest BCUT2D eigenvalue weighted by Gasteiger charge is -2.40. The molecule has 11 heteroatoms. The minimum absolute atomic E-state index is 0.0989. The van der Waals surface area contributed by atoms with Crippen LogP contribution in [0.2, 0.25) is 0 Å². The predicted octanol–water partition coefficient (Wildman–Crippen LogP) is 2.94. The molecule has 1 aromatic carbocycles. The maximum atomic E-state index is 13.2. The van der Waals surface area contributed by atoms with E-state index in [0.717, 1.165) is 6.07 Å². The molecular weight excluding hydrogens is 415 g/mol. The van der Waals surface area contributed by atoms with Gasteiger partial charge in [0, 0.05) is 13.1 Å². The summed E-state index contributed by atoms with van der Waals surface area (Å²) < 4.78 is 49.4. The number of hydrogen-bond acceptors (Lipinski definition) is 8. The molecule has 2 aromatic heterocycles. The van der Waals surface area contributed by atoms with Gasteiger partial charge in [-0.1, -0.05) is 18.2 Å². The van der Waals surface area contributed by atoms with Crippen LogP contribution in [-0.2, 0) is 28.5 Å². The summed E-state index contributed by atoms with van der Waals surface area (Å²) in [6, 6.07) is 9.05. The third kappa shape index (κ3) is 4.65. The van der Waals surface area contributed by atoms with Crippen molar-refractivity contribution in [3.8, 4) is 11.6 Å². The molecule has 4 rings (SSSR count). The van der Waals surface area contributed by atoms with Crippen LogP contribution in [0.5, 0.6) is 0 Å². The summed E-state index contributed by atoms with van der Waals surface area (Å²) in [6.45, 7) is 1.17. The van der Waals surface area contributed by atoms with E-state index >= 15 is 0 Å². The fourth-order valence-electron chi connectivity index (χ4n) is 3.40. The number of alkyl halides is 3. The number of benzene rings is 1. The molecular formula is C20H18F3N5O3. The highest BCUT2D eigenvalue weighted by atomic mass is 19.4. The Morgan fingerprint density at radius 2 is 1.90 bits per heavy atom. The Bertz CT molecular complexity index is 1060. The molecule has 0 aliphatic carbocycles. The lowest BCUT2D eigenvalue weighted by Crippen LogP contribution is -2.48.